The lowest BCUT2D eigenvalue weighted by molar-refractivity contribution is 0.286. The molecule has 0 aromatic rings. The summed E-state index contributed by atoms with van der Waals surface area (Å²) in [5.41, 5.74) is 10.9. The molecule has 0 aromatic heterocycles. The molecule has 5 heteroatoms. The average Bonchev–Trinajstić information content (AvgIpc) is 2.28. The quantitative estimate of drug-likeness (QED) is 0.499. The van der Waals surface area contributed by atoms with Crippen LogP contribution >= 0.6 is 0 Å². The van der Waals surface area contributed by atoms with Crippen molar-refractivity contribution in [2.75, 3.05) is 39.3 Å². The van der Waals surface area contributed by atoms with Crippen LogP contribution in [0.4, 0.5) is 0 Å². The van der Waals surface area contributed by atoms with E-state index in [0.29, 0.717) is 12.0 Å². The van der Waals surface area contributed by atoms with Crippen molar-refractivity contribution in [1.29, 1.82) is 0 Å². The summed E-state index contributed by atoms with van der Waals surface area (Å²) in [5.74, 6) is 0. The van der Waals surface area contributed by atoms with Crippen LogP contribution in [0.5, 0.6) is 0 Å². The lowest BCUT2D eigenvalue weighted by atomic mass is 9.82. The van der Waals surface area contributed by atoms with E-state index in [1.54, 1.807) is 0 Å². The van der Waals surface area contributed by atoms with Gasteiger partial charge in [-0.3, -0.25) is 0 Å². The van der Waals surface area contributed by atoms with Crippen LogP contribution in [0.2, 0.25) is 0 Å². The minimum atomic E-state index is -0.0156. The van der Waals surface area contributed by atoms with Gasteiger partial charge in [-0.05, 0) is 25.7 Å². The van der Waals surface area contributed by atoms with Gasteiger partial charge in [0.2, 0.25) is 0 Å². The smallest absolute Gasteiger partial charge is 0.0553 e. The van der Waals surface area contributed by atoms with Crippen LogP contribution in [0.25, 0.3) is 0 Å². The number of aliphatic hydroxyl groups excluding tert-OH is 1. The minimum Gasteiger partial charge on any atom is -0.395 e. The molecule has 1 rings (SSSR count). The number of aliphatic hydroxyl groups is 1. The van der Waals surface area contributed by atoms with E-state index in [0.717, 1.165) is 32.6 Å². The van der Waals surface area contributed by atoms with Crippen molar-refractivity contribution in [3.8, 4) is 0 Å². The first kappa shape index (κ1) is 21.1. The Labute approximate surface area is 119 Å². The molecule has 0 amide bonds. The summed E-state index contributed by atoms with van der Waals surface area (Å²) in [5, 5.41) is 14.2. The molecule has 0 aromatic carbocycles. The maximum absolute atomic E-state index is 7.75. The van der Waals surface area contributed by atoms with Crippen LogP contribution in [-0.4, -0.2) is 50.0 Å². The van der Waals surface area contributed by atoms with Crippen molar-refractivity contribution < 1.29 is 5.11 Å². The van der Waals surface area contributed by atoms with E-state index in [1.165, 1.54) is 0 Å². The zero-order valence-corrected chi connectivity index (χ0v) is 13.6. The molecule has 0 aliphatic carbocycles. The maximum Gasteiger partial charge on any atom is 0.0553 e. The topological polar surface area (TPSA) is 96.3 Å². The molecule has 0 atom stereocenters. The number of nitrogens with one attached hydrogen (secondary N) is 2. The molecule has 0 radical (unpaired) electrons. The van der Waals surface area contributed by atoms with Crippen LogP contribution in [0.3, 0.4) is 0 Å². The minimum absolute atomic E-state index is 0.0156. The predicted molar refractivity (Wildman–Crippen MR) is 84.2 cm³/mol. The Morgan fingerprint density at radius 3 is 1.32 bits per heavy atom. The third kappa shape index (κ3) is 27.1. The van der Waals surface area contributed by atoms with Gasteiger partial charge in [0, 0.05) is 38.3 Å². The van der Waals surface area contributed by atoms with Crippen molar-refractivity contribution in [3.63, 3.8) is 0 Å². The van der Waals surface area contributed by atoms with Crippen molar-refractivity contribution in [1.82, 2.24) is 10.6 Å². The fraction of sp³-hybridized carbons (Fsp3) is 1.00. The third-order valence-corrected chi connectivity index (χ3v) is 2.07. The molecule has 1 heterocycles. The Kier molecular flexibility index (Phi) is 12.9. The Balaban J connectivity index is 0. The summed E-state index contributed by atoms with van der Waals surface area (Å²) in [6, 6.07) is 0. The molecule has 118 valence electrons. The van der Waals surface area contributed by atoms with Crippen molar-refractivity contribution >= 4 is 0 Å². The number of nitrogens with two attached hydrogens (primary N) is 2. The summed E-state index contributed by atoms with van der Waals surface area (Å²) in [6.07, 6.45) is 1.07. The lowest BCUT2D eigenvalue weighted by Crippen LogP contribution is -2.39. The van der Waals surface area contributed by atoms with Crippen molar-refractivity contribution in [3.05, 3.63) is 0 Å². The summed E-state index contributed by atoms with van der Waals surface area (Å²) in [4.78, 5) is 0. The maximum atomic E-state index is 7.75. The normalized spacial score (nSPS) is 15.8. The monoisotopic (exact) mass is 276 g/mol. The van der Waals surface area contributed by atoms with E-state index >= 15 is 0 Å². The van der Waals surface area contributed by atoms with Gasteiger partial charge >= 0.3 is 0 Å². The second kappa shape index (κ2) is 11.6. The second-order valence-electron chi connectivity index (χ2n) is 6.74. The van der Waals surface area contributed by atoms with Crippen LogP contribution in [0, 0.1) is 5.41 Å². The molecule has 0 saturated carbocycles. The van der Waals surface area contributed by atoms with E-state index in [9.17, 15) is 0 Å². The van der Waals surface area contributed by atoms with Crippen molar-refractivity contribution in [2.45, 2.75) is 46.6 Å². The zero-order valence-electron chi connectivity index (χ0n) is 13.6. The van der Waals surface area contributed by atoms with E-state index in [4.69, 9.17) is 16.6 Å². The Bertz CT molecular complexity index is 155. The van der Waals surface area contributed by atoms with E-state index < -0.39 is 0 Å². The Hall–Kier alpha value is -0.200. The molecular formula is C14H36N4O. The molecule has 1 fully saturated rings. The lowest BCUT2D eigenvalue weighted by Gasteiger charge is -2.28. The van der Waals surface area contributed by atoms with Gasteiger partial charge in [-0.25, -0.2) is 0 Å². The van der Waals surface area contributed by atoms with Gasteiger partial charge in [-0.15, -0.1) is 0 Å². The van der Waals surface area contributed by atoms with Crippen LogP contribution in [0.1, 0.15) is 41.0 Å². The molecule has 1 aliphatic heterocycles. The van der Waals surface area contributed by atoms with E-state index in [2.05, 4.69) is 45.3 Å². The summed E-state index contributed by atoms with van der Waals surface area (Å²) >= 11 is 0. The highest BCUT2D eigenvalue weighted by molar-refractivity contribution is 4.78. The molecule has 1 saturated heterocycles. The standard InChI is InChI=1S/C8H19N.C4H10N2.C2H7NO/c1-7(2,3)6-8(4,5)9;1-2-6-4-3-5-1;3-1-2-4/h6,9H2,1-5H3;5-6H,1-4H2;4H,1-3H2. The fourth-order valence-electron chi connectivity index (χ4n) is 1.97. The van der Waals surface area contributed by atoms with Gasteiger partial charge in [0.05, 0.1) is 6.61 Å². The molecule has 19 heavy (non-hydrogen) atoms. The highest BCUT2D eigenvalue weighted by Crippen LogP contribution is 2.24. The molecule has 0 bridgehead atoms. The molecule has 0 unspecified atom stereocenters. The number of hydrogen-bond donors (Lipinski definition) is 5. The first-order valence-corrected chi connectivity index (χ1v) is 7.13. The Morgan fingerprint density at radius 1 is 0.947 bits per heavy atom. The van der Waals surface area contributed by atoms with Crippen LogP contribution in [-0.2, 0) is 0 Å². The average molecular weight is 276 g/mol. The molecule has 7 N–H and O–H groups in total. The Morgan fingerprint density at radius 2 is 1.26 bits per heavy atom. The van der Waals surface area contributed by atoms with Gasteiger partial charge in [0.1, 0.15) is 0 Å². The first-order chi connectivity index (χ1) is 8.62. The largest absolute Gasteiger partial charge is 0.395 e. The second-order valence-corrected chi connectivity index (χ2v) is 6.74. The van der Waals surface area contributed by atoms with E-state index in [-0.39, 0.29) is 12.1 Å². The first-order valence-electron chi connectivity index (χ1n) is 7.13. The van der Waals surface area contributed by atoms with Gasteiger partial charge in [0.25, 0.3) is 0 Å². The number of rotatable bonds is 2. The number of hydrogen-bond acceptors (Lipinski definition) is 5. The summed E-state index contributed by atoms with van der Waals surface area (Å²) in [7, 11) is 0. The highest BCUT2D eigenvalue weighted by atomic mass is 16.3. The van der Waals surface area contributed by atoms with Gasteiger partial charge in [-0.1, -0.05) is 20.8 Å². The third-order valence-electron chi connectivity index (χ3n) is 2.07. The summed E-state index contributed by atoms with van der Waals surface area (Å²) < 4.78 is 0. The van der Waals surface area contributed by atoms with Gasteiger partial charge < -0.3 is 27.2 Å². The van der Waals surface area contributed by atoms with E-state index in [1.807, 2.05) is 0 Å². The SMILES string of the molecule is C1CNCCN1.CC(C)(C)CC(C)(C)N.NCCO. The summed E-state index contributed by atoms with van der Waals surface area (Å²) in [6.45, 7) is 15.8. The molecule has 0 spiro atoms. The predicted octanol–water partition coefficient (Wildman–Crippen LogP) is 0.277. The van der Waals surface area contributed by atoms with Gasteiger partial charge in [-0.2, -0.15) is 0 Å². The van der Waals surface area contributed by atoms with Crippen LogP contribution < -0.4 is 22.1 Å². The fourth-order valence-corrected chi connectivity index (χ4v) is 1.97. The molecule has 5 nitrogen and oxygen atoms in total. The van der Waals surface area contributed by atoms with Gasteiger partial charge in [0.15, 0.2) is 0 Å². The molecular weight excluding hydrogens is 240 g/mol. The number of piperazine rings is 1. The highest BCUT2D eigenvalue weighted by Gasteiger charge is 2.20. The molecule has 1 aliphatic rings. The van der Waals surface area contributed by atoms with Crippen molar-refractivity contribution in [2.24, 2.45) is 16.9 Å². The van der Waals surface area contributed by atoms with Crippen LogP contribution in [0.15, 0.2) is 0 Å². The zero-order chi connectivity index (χ0) is 15.4.